The minimum absolute atomic E-state index is 0.0494. The number of amides is 1. The van der Waals surface area contributed by atoms with Crippen LogP contribution in [0.4, 0.5) is 21.9 Å². The van der Waals surface area contributed by atoms with Crippen molar-refractivity contribution in [2.24, 2.45) is 15.4 Å². The number of rotatable bonds is 4. The number of aromatic hydroxyl groups is 2. The van der Waals surface area contributed by atoms with Gasteiger partial charge in [0.25, 0.3) is 0 Å². The molecule has 0 saturated heterocycles. The molecule has 0 heterocycles. The molecule has 3 rings (SSSR count). The van der Waals surface area contributed by atoms with Crippen molar-refractivity contribution < 1.29 is 28.5 Å². The lowest BCUT2D eigenvalue weighted by molar-refractivity contribution is 0.203. The summed E-state index contributed by atoms with van der Waals surface area (Å²) in [7, 11) is -2.69. The Hall–Kier alpha value is -3.70. The third-order valence-corrected chi connectivity index (χ3v) is 5.07. The second-order valence-electron chi connectivity index (χ2n) is 6.05. The van der Waals surface area contributed by atoms with Crippen LogP contribution in [0.1, 0.15) is 0 Å². The van der Waals surface area contributed by atoms with E-state index in [9.17, 15) is 28.5 Å². The molecule has 0 spiro atoms. The van der Waals surface area contributed by atoms with E-state index in [1.807, 2.05) is 0 Å². The van der Waals surface area contributed by atoms with E-state index in [4.69, 9.17) is 5.14 Å². The second kappa shape index (κ2) is 7.37. The average molecular weight is 416 g/mol. The van der Waals surface area contributed by atoms with Crippen molar-refractivity contribution >= 4 is 44.0 Å². The van der Waals surface area contributed by atoms with Crippen molar-refractivity contribution in [3.63, 3.8) is 0 Å². The monoisotopic (exact) mass is 416 g/mol. The van der Waals surface area contributed by atoms with Crippen LogP contribution in [-0.2, 0) is 10.0 Å². The second-order valence-corrected chi connectivity index (χ2v) is 7.61. The summed E-state index contributed by atoms with van der Waals surface area (Å²) in [5.41, 5.74) is 0.00552. The summed E-state index contributed by atoms with van der Waals surface area (Å²) in [4.78, 5) is 12.1. The maximum Gasteiger partial charge on any atom is 0.411 e. The highest BCUT2D eigenvalue weighted by atomic mass is 32.2. The number of fused-ring (bicyclic) bond motifs is 1. The van der Waals surface area contributed by atoms with Crippen molar-refractivity contribution in [3.05, 3.63) is 48.5 Å². The Kier molecular flexibility index (Phi) is 5.10. The first-order valence-electron chi connectivity index (χ1n) is 8.08. The number of primary sulfonamides is 1. The fourth-order valence-electron chi connectivity index (χ4n) is 2.68. The smallest absolute Gasteiger partial charge is 0.411 e. The maximum absolute atomic E-state index is 11.5. The fourth-order valence-corrected chi connectivity index (χ4v) is 3.21. The van der Waals surface area contributed by atoms with Gasteiger partial charge in [-0.05, 0) is 35.7 Å². The quantitative estimate of drug-likeness (QED) is 0.475. The zero-order chi connectivity index (χ0) is 21.3. The highest BCUT2D eigenvalue weighted by Crippen LogP contribution is 2.42. The predicted molar refractivity (Wildman–Crippen MR) is 106 cm³/mol. The molecule has 150 valence electrons. The summed E-state index contributed by atoms with van der Waals surface area (Å²) >= 11 is 0. The molecule has 0 aliphatic rings. The van der Waals surface area contributed by atoms with Crippen molar-refractivity contribution in [1.29, 1.82) is 0 Å². The molecule has 5 N–H and O–H groups in total. The number of phenols is 2. The van der Waals surface area contributed by atoms with E-state index < -0.39 is 16.1 Å². The van der Waals surface area contributed by atoms with Gasteiger partial charge >= 0.3 is 6.09 Å². The lowest BCUT2D eigenvalue weighted by Crippen LogP contribution is -2.23. The van der Waals surface area contributed by atoms with Crippen LogP contribution >= 0.6 is 0 Å². The number of phenolic OH excluding ortho intramolecular Hbond substituents is 2. The van der Waals surface area contributed by atoms with Gasteiger partial charge in [0.1, 0.15) is 22.9 Å². The number of carboxylic acid groups (broad SMARTS) is 1. The van der Waals surface area contributed by atoms with Gasteiger partial charge < -0.3 is 15.3 Å². The largest absolute Gasteiger partial charge is 0.506 e. The van der Waals surface area contributed by atoms with Gasteiger partial charge in [-0.15, -0.1) is 10.2 Å². The van der Waals surface area contributed by atoms with Crippen LogP contribution in [0.2, 0.25) is 0 Å². The molecule has 3 aromatic rings. The van der Waals surface area contributed by atoms with E-state index in [1.54, 1.807) is 18.2 Å². The highest BCUT2D eigenvalue weighted by molar-refractivity contribution is 7.89. The van der Waals surface area contributed by atoms with Gasteiger partial charge in [0.15, 0.2) is 0 Å². The van der Waals surface area contributed by atoms with Crippen LogP contribution in [-0.4, -0.2) is 36.9 Å². The molecule has 0 aliphatic carbocycles. The predicted octanol–water partition coefficient (Wildman–Crippen LogP) is 3.43. The standard InChI is InChI=1S/C18H16N4O6S/c1-22(18(25)26)13-4-2-3-10-5-7-15(24)17(16(10)13)21-20-12-9-11(29(19,27)28)6-8-14(12)23/h2-9,23-24H,1H3,(H,25,26)(H2,19,27,28). The van der Waals surface area contributed by atoms with Gasteiger partial charge in [-0.2, -0.15) is 0 Å². The summed E-state index contributed by atoms with van der Waals surface area (Å²) in [6.07, 6.45) is -1.22. The lowest BCUT2D eigenvalue weighted by atomic mass is 10.1. The van der Waals surface area contributed by atoms with Gasteiger partial charge in [-0.1, -0.05) is 18.2 Å². The fraction of sp³-hybridized carbons (Fsp3) is 0.0556. The normalized spacial score (nSPS) is 11.8. The SMILES string of the molecule is CN(C(=O)O)c1cccc2ccc(O)c(N=Nc3cc(S(N)(=O)=O)ccc3O)c12. The van der Waals surface area contributed by atoms with Crippen molar-refractivity contribution in [1.82, 2.24) is 0 Å². The Balaban J connectivity index is 2.21. The van der Waals surface area contributed by atoms with E-state index in [2.05, 4.69) is 10.2 Å². The molecule has 11 heteroatoms. The zero-order valence-electron chi connectivity index (χ0n) is 15.0. The molecule has 0 radical (unpaired) electrons. The number of carbonyl (C=O) groups is 1. The first kappa shape index (κ1) is 20.0. The molecule has 0 aromatic heterocycles. The van der Waals surface area contributed by atoms with Crippen molar-refractivity contribution in [2.75, 3.05) is 11.9 Å². The van der Waals surface area contributed by atoms with Crippen LogP contribution < -0.4 is 10.0 Å². The molecular weight excluding hydrogens is 400 g/mol. The first-order chi connectivity index (χ1) is 13.6. The number of hydrogen-bond donors (Lipinski definition) is 4. The Morgan fingerprint density at radius 2 is 1.72 bits per heavy atom. The molecule has 10 nitrogen and oxygen atoms in total. The van der Waals surface area contributed by atoms with Gasteiger partial charge in [0, 0.05) is 12.4 Å². The van der Waals surface area contributed by atoms with Crippen molar-refractivity contribution in [2.45, 2.75) is 4.90 Å². The highest BCUT2D eigenvalue weighted by Gasteiger charge is 2.17. The van der Waals surface area contributed by atoms with Crippen molar-refractivity contribution in [3.8, 4) is 11.5 Å². The molecule has 0 fully saturated rings. The third kappa shape index (κ3) is 3.95. The topological polar surface area (TPSA) is 166 Å². The Bertz CT molecular complexity index is 1260. The molecule has 0 bridgehead atoms. The molecule has 29 heavy (non-hydrogen) atoms. The molecule has 3 aromatic carbocycles. The van der Waals surface area contributed by atoms with Crippen LogP contribution in [0.15, 0.2) is 63.7 Å². The summed E-state index contributed by atoms with van der Waals surface area (Å²) < 4.78 is 23.0. The molecule has 0 unspecified atom stereocenters. The number of azo groups is 1. The summed E-state index contributed by atoms with van der Waals surface area (Å²) in [6, 6.07) is 11.1. The number of benzene rings is 3. The average Bonchev–Trinajstić information content (AvgIpc) is 2.66. The van der Waals surface area contributed by atoms with Gasteiger partial charge in [0.2, 0.25) is 10.0 Å². The first-order valence-corrected chi connectivity index (χ1v) is 9.63. The van der Waals surface area contributed by atoms with Gasteiger partial charge in [0.05, 0.1) is 10.6 Å². The summed E-state index contributed by atoms with van der Waals surface area (Å²) in [5, 5.41) is 43.3. The minimum Gasteiger partial charge on any atom is -0.506 e. The van der Waals surface area contributed by atoms with Gasteiger partial charge in [-0.25, -0.2) is 18.4 Å². The Morgan fingerprint density at radius 1 is 1.03 bits per heavy atom. The van der Waals surface area contributed by atoms with E-state index in [0.717, 1.165) is 23.1 Å². The van der Waals surface area contributed by atoms with E-state index in [-0.39, 0.29) is 33.5 Å². The van der Waals surface area contributed by atoms with E-state index >= 15 is 0 Å². The summed E-state index contributed by atoms with van der Waals surface area (Å²) in [5.74, 6) is -0.640. The molecule has 0 saturated carbocycles. The van der Waals surface area contributed by atoms with Crippen LogP contribution in [0, 0.1) is 0 Å². The van der Waals surface area contributed by atoms with Crippen LogP contribution in [0.5, 0.6) is 11.5 Å². The van der Waals surface area contributed by atoms with Crippen LogP contribution in [0.3, 0.4) is 0 Å². The van der Waals surface area contributed by atoms with Gasteiger partial charge in [-0.3, -0.25) is 4.90 Å². The number of hydrogen-bond acceptors (Lipinski definition) is 7. The molecule has 0 atom stereocenters. The molecule has 1 amide bonds. The van der Waals surface area contributed by atoms with E-state index in [1.165, 1.54) is 19.2 Å². The third-order valence-electron chi connectivity index (χ3n) is 4.16. The maximum atomic E-state index is 11.5. The Labute approximate surface area is 165 Å². The van der Waals surface area contributed by atoms with Crippen LogP contribution in [0.25, 0.3) is 10.8 Å². The molecule has 0 aliphatic heterocycles. The van der Waals surface area contributed by atoms with E-state index in [0.29, 0.717) is 10.8 Å². The lowest BCUT2D eigenvalue weighted by Gasteiger charge is -2.17. The number of nitrogens with two attached hydrogens (primary N) is 1. The number of anilines is 1. The Morgan fingerprint density at radius 3 is 2.38 bits per heavy atom. The number of sulfonamides is 1. The minimum atomic E-state index is -4.03. The number of nitrogens with zero attached hydrogens (tertiary/aromatic N) is 3. The zero-order valence-corrected chi connectivity index (χ0v) is 15.8. The molecular formula is C18H16N4O6S. The summed E-state index contributed by atoms with van der Waals surface area (Å²) in [6.45, 7) is 0.